The van der Waals surface area contributed by atoms with Crippen molar-refractivity contribution in [3.8, 4) is 5.75 Å². The van der Waals surface area contributed by atoms with Crippen LogP contribution in [0.1, 0.15) is 74.0 Å². The molecule has 2 atom stereocenters. The van der Waals surface area contributed by atoms with Crippen LogP contribution in [0.5, 0.6) is 5.75 Å². The smallest absolute Gasteiger partial charge is 0.418 e. The number of hydrogen-bond acceptors (Lipinski definition) is 4. The lowest BCUT2D eigenvalue weighted by atomic mass is 9.72. The number of anilines is 1. The summed E-state index contributed by atoms with van der Waals surface area (Å²) in [6.07, 6.45) is -8.86. The van der Waals surface area contributed by atoms with Gasteiger partial charge in [-0.25, -0.2) is 4.79 Å². The normalized spacial score (nSPS) is 21.3. The number of benzene rings is 2. The average Bonchev–Trinajstić information content (AvgIpc) is 3.14. The van der Waals surface area contributed by atoms with Gasteiger partial charge in [0.2, 0.25) is 0 Å². The molecule has 4 rings (SSSR count). The molecule has 0 bridgehead atoms. The number of hydrogen-bond donors (Lipinski definition) is 1. The van der Waals surface area contributed by atoms with E-state index in [4.69, 9.17) is 9.47 Å². The lowest BCUT2D eigenvalue weighted by Gasteiger charge is -2.36. The average molecular weight is 585 g/mol. The van der Waals surface area contributed by atoms with Crippen molar-refractivity contribution in [1.29, 1.82) is 0 Å². The number of allylic oxidation sites excluding steroid dienone is 1. The molecule has 1 aliphatic carbocycles. The van der Waals surface area contributed by atoms with Gasteiger partial charge >= 0.3 is 18.4 Å². The molecule has 0 saturated carbocycles. The van der Waals surface area contributed by atoms with Crippen LogP contribution in [0, 0.1) is 12.3 Å². The molecule has 0 spiro atoms. The number of nitrogens with one attached hydrogen (secondary N) is 1. The van der Waals surface area contributed by atoms with Crippen molar-refractivity contribution in [2.24, 2.45) is 5.41 Å². The summed E-state index contributed by atoms with van der Waals surface area (Å²) in [5.41, 5.74) is 0.856. The molecular weight excluding hydrogens is 550 g/mol. The van der Waals surface area contributed by atoms with Crippen LogP contribution >= 0.6 is 0 Å². The van der Waals surface area contributed by atoms with Crippen LogP contribution in [0.15, 0.2) is 35.9 Å². The van der Waals surface area contributed by atoms with E-state index in [0.29, 0.717) is 24.0 Å². The van der Waals surface area contributed by atoms with Crippen molar-refractivity contribution in [3.05, 3.63) is 63.7 Å². The molecule has 1 fully saturated rings. The summed E-state index contributed by atoms with van der Waals surface area (Å²) in [6.45, 7) is 7.54. The maximum absolute atomic E-state index is 13.7. The van der Waals surface area contributed by atoms with Gasteiger partial charge in [0.05, 0.1) is 24.3 Å². The van der Waals surface area contributed by atoms with Gasteiger partial charge in [-0.2, -0.15) is 26.3 Å². The number of carbonyl (C=O) groups excluding carboxylic acids is 1. The first-order valence-electron chi connectivity index (χ1n) is 13.3. The van der Waals surface area contributed by atoms with E-state index in [9.17, 15) is 31.1 Å². The molecule has 1 N–H and O–H groups in total. The van der Waals surface area contributed by atoms with Gasteiger partial charge in [-0.1, -0.05) is 25.5 Å². The highest BCUT2D eigenvalue weighted by Gasteiger charge is 2.43. The Balaban J connectivity index is 1.75. The Kier molecular flexibility index (Phi) is 8.05. The molecule has 2 aromatic carbocycles. The van der Waals surface area contributed by atoms with E-state index in [-0.39, 0.29) is 29.0 Å². The Morgan fingerprint density at radius 1 is 1.07 bits per heavy atom. The van der Waals surface area contributed by atoms with Crippen molar-refractivity contribution >= 4 is 17.4 Å². The molecule has 1 amide bonds. The Hall–Kier alpha value is -3.37. The molecule has 11 heteroatoms. The molecule has 224 valence electrons. The van der Waals surface area contributed by atoms with Crippen LogP contribution in [0.4, 0.5) is 36.8 Å². The number of nitrogens with zero attached hydrogens (tertiary/aromatic N) is 1. The predicted molar refractivity (Wildman–Crippen MR) is 144 cm³/mol. The second-order valence-electron chi connectivity index (χ2n) is 11.6. The van der Waals surface area contributed by atoms with E-state index in [1.165, 1.54) is 25.1 Å². The number of rotatable bonds is 6. The van der Waals surface area contributed by atoms with Crippen LogP contribution in [-0.4, -0.2) is 37.7 Å². The Morgan fingerprint density at radius 3 is 2.34 bits per heavy atom. The van der Waals surface area contributed by atoms with E-state index in [1.54, 1.807) is 19.9 Å². The summed E-state index contributed by atoms with van der Waals surface area (Å²) in [5, 5.41) is 2.63. The molecule has 2 aliphatic rings. The van der Waals surface area contributed by atoms with Gasteiger partial charge in [0.25, 0.3) is 0 Å². The van der Waals surface area contributed by atoms with Gasteiger partial charge in [0, 0.05) is 24.8 Å². The molecule has 0 aromatic heterocycles. The van der Waals surface area contributed by atoms with Crippen molar-refractivity contribution in [1.82, 2.24) is 4.90 Å². The van der Waals surface area contributed by atoms with Crippen LogP contribution < -0.4 is 10.1 Å². The lowest BCUT2D eigenvalue weighted by molar-refractivity contribution is -0.138. The summed E-state index contributed by atoms with van der Waals surface area (Å²) < 4.78 is 92.6. The van der Waals surface area contributed by atoms with Gasteiger partial charge in [-0.15, -0.1) is 0 Å². The first-order chi connectivity index (χ1) is 18.9. The zero-order valence-electron chi connectivity index (χ0n) is 23.8. The Bertz CT molecular complexity index is 1360. The summed E-state index contributed by atoms with van der Waals surface area (Å²) in [5.74, 6) is 0.0675. The minimum atomic E-state index is -4.60. The van der Waals surface area contributed by atoms with E-state index in [1.807, 2.05) is 0 Å². The maximum Gasteiger partial charge on any atom is 0.418 e. The van der Waals surface area contributed by atoms with Crippen molar-refractivity contribution in [3.63, 3.8) is 0 Å². The fourth-order valence-electron chi connectivity index (χ4n) is 5.82. The number of cyclic esters (lactones) is 1. The number of halogens is 6. The first-order valence-corrected chi connectivity index (χ1v) is 13.3. The predicted octanol–water partition coefficient (Wildman–Crippen LogP) is 8.63. The fraction of sp³-hybridized carbons (Fsp3) is 0.500. The van der Waals surface area contributed by atoms with Crippen molar-refractivity contribution in [2.75, 3.05) is 26.0 Å². The molecule has 0 unspecified atom stereocenters. The van der Waals surface area contributed by atoms with Crippen LogP contribution in [0.25, 0.3) is 5.57 Å². The van der Waals surface area contributed by atoms with Gasteiger partial charge < -0.3 is 14.8 Å². The highest BCUT2D eigenvalue weighted by atomic mass is 19.4. The third-order valence-electron chi connectivity index (χ3n) is 7.92. The van der Waals surface area contributed by atoms with Gasteiger partial charge in [0.1, 0.15) is 11.9 Å². The molecule has 0 radical (unpaired) electrons. The third kappa shape index (κ3) is 6.28. The highest BCUT2D eigenvalue weighted by molar-refractivity contribution is 5.79. The van der Waals surface area contributed by atoms with E-state index in [2.05, 4.69) is 19.2 Å². The highest BCUT2D eigenvalue weighted by Crippen LogP contribution is 2.48. The molecule has 1 heterocycles. The number of ether oxygens (including phenoxy) is 2. The van der Waals surface area contributed by atoms with E-state index in [0.717, 1.165) is 35.8 Å². The fourth-order valence-corrected chi connectivity index (χ4v) is 5.82. The van der Waals surface area contributed by atoms with E-state index < -0.39 is 41.7 Å². The number of methoxy groups -OCH3 is 1. The molecule has 1 aliphatic heterocycles. The van der Waals surface area contributed by atoms with Gasteiger partial charge in [-0.3, -0.25) is 4.90 Å². The molecule has 41 heavy (non-hydrogen) atoms. The monoisotopic (exact) mass is 584 g/mol. The summed E-state index contributed by atoms with van der Waals surface area (Å²) in [6, 6.07) is 5.44. The zero-order chi connectivity index (χ0) is 30.5. The first kappa shape index (κ1) is 30.6. The van der Waals surface area contributed by atoms with Crippen molar-refractivity contribution < 1.29 is 40.6 Å². The van der Waals surface area contributed by atoms with Crippen LogP contribution in [0.3, 0.4) is 0 Å². The maximum atomic E-state index is 13.7. The summed E-state index contributed by atoms with van der Waals surface area (Å²) in [4.78, 5) is 14.6. The summed E-state index contributed by atoms with van der Waals surface area (Å²) >= 11 is 0. The second-order valence-corrected chi connectivity index (χ2v) is 11.6. The standard InChI is InChI=1S/C30H34F6N2O3/c1-16-9-18(11-20(10-16)29(31,32)33)26-17(2)38(27(39)41-26)15-19-14-28(3,4)8-7-21(19)22-12-24(37-5)23(30(34,35)36)13-25(22)40-6/h9-13,17,26,37H,7-8,14-15H2,1-6H3/t17-,26-/m0/s1. The number of amides is 1. The second kappa shape index (κ2) is 10.8. The Labute approximate surface area is 235 Å². The Morgan fingerprint density at radius 2 is 1.76 bits per heavy atom. The number of carbonyl (C=O) groups is 1. The minimum absolute atomic E-state index is 0.0675. The van der Waals surface area contributed by atoms with Crippen molar-refractivity contribution in [2.45, 2.75) is 71.5 Å². The quantitative estimate of drug-likeness (QED) is 0.346. The van der Waals surface area contributed by atoms with Crippen LogP contribution in [-0.2, 0) is 17.1 Å². The SMILES string of the molecule is CNc1cc(C2=C(CN3C(=O)O[C@H](c4cc(C)cc(C(F)(F)F)c4)[C@@H]3C)CC(C)(C)CC2)c(OC)cc1C(F)(F)F. The largest absolute Gasteiger partial charge is 0.496 e. The minimum Gasteiger partial charge on any atom is -0.496 e. The van der Waals surface area contributed by atoms with Gasteiger partial charge in [-0.05, 0) is 79.5 Å². The van der Waals surface area contributed by atoms with E-state index >= 15 is 0 Å². The number of aryl methyl sites for hydroxylation is 1. The third-order valence-corrected chi connectivity index (χ3v) is 7.92. The van der Waals surface area contributed by atoms with Gasteiger partial charge in [0.15, 0.2) is 0 Å². The zero-order valence-corrected chi connectivity index (χ0v) is 23.8. The lowest BCUT2D eigenvalue weighted by Crippen LogP contribution is -2.35. The summed E-state index contributed by atoms with van der Waals surface area (Å²) in [7, 11) is 2.73. The molecular formula is C30H34F6N2O3. The topological polar surface area (TPSA) is 50.8 Å². The molecule has 1 saturated heterocycles. The molecule has 5 nitrogen and oxygen atoms in total. The molecule has 2 aromatic rings. The number of alkyl halides is 6. The van der Waals surface area contributed by atoms with Crippen LogP contribution in [0.2, 0.25) is 0 Å².